The van der Waals surface area contributed by atoms with Gasteiger partial charge in [-0.2, -0.15) is 0 Å². The molecule has 0 heterocycles. The Bertz CT molecular complexity index is 575. The van der Waals surface area contributed by atoms with Gasteiger partial charge in [-0.3, -0.25) is 0 Å². The fraction of sp³-hybridized carbons (Fsp3) is 0.250. The predicted molar refractivity (Wildman–Crippen MR) is 78.0 cm³/mol. The van der Waals surface area contributed by atoms with Crippen LogP contribution in [0.2, 0.25) is 5.02 Å². The van der Waals surface area contributed by atoms with E-state index in [1.165, 1.54) is 22.8 Å². The highest BCUT2D eigenvalue weighted by molar-refractivity contribution is 6.30. The molecule has 0 radical (unpaired) electrons. The molecule has 2 N–H and O–H groups in total. The second-order valence-corrected chi connectivity index (χ2v) is 5.23. The summed E-state index contributed by atoms with van der Waals surface area (Å²) in [6, 6.07) is 10.7. The maximum Gasteiger partial charge on any atom is 0.146 e. The summed E-state index contributed by atoms with van der Waals surface area (Å²) in [5.74, 6) is -0.414. The van der Waals surface area contributed by atoms with Crippen molar-refractivity contribution in [3.63, 3.8) is 0 Å². The minimum absolute atomic E-state index is 0.120. The fourth-order valence-corrected chi connectivity index (χ4v) is 2.49. The van der Waals surface area contributed by atoms with E-state index < -0.39 is 11.9 Å². The average Bonchev–Trinajstić information content (AvgIpc) is 2.37. The van der Waals surface area contributed by atoms with Crippen LogP contribution >= 0.6 is 11.6 Å². The molecule has 0 fully saturated rings. The van der Waals surface area contributed by atoms with Gasteiger partial charge in [0.15, 0.2) is 0 Å². The smallest absolute Gasteiger partial charge is 0.146 e. The van der Waals surface area contributed by atoms with E-state index in [0.717, 1.165) is 0 Å². The first-order valence-electron chi connectivity index (χ1n) is 6.25. The molecule has 0 amide bonds. The Labute approximate surface area is 118 Å². The fourth-order valence-electron chi connectivity index (χ4n) is 2.31. The number of benzene rings is 2. The minimum Gasteiger partial charge on any atom is -0.324 e. The van der Waals surface area contributed by atoms with Crippen LogP contribution in [0, 0.1) is 19.7 Å². The van der Waals surface area contributed by atoms with Crippen LogP contribution in [0.5, 0.6) is 0 Å². The molecular formula is C16H17ClFN. The summed E-state index contributed by atoms with van der Waals surface area (Å²) in [5, 5.41) is 0.120. The number of hydrogen-bond donors (Lipinski definition) is 1. The molecular weight excluding hydrogens is 261 g/mol. The zero-order chi connectivity index (χ0) is 14.0. The molecule has 19 heavy (non-hydrogen) atoms. The summed E-state index contributed by atoms with van der Waals surface area (Å²) < 4.78 is 13.9. The first-order chi connectivity index (χ1) is 9.00. The van der Waals surface area contributed by atoms with Gasteiger partial charge in [0.1, 0.15) is 5.82 Å². The predicted octanol–water partition coefficient (Wildman–Crippen LogP) is 4.34. The van der Waals surface area contributed by atoms with Gasteiger partial charge in [0.05, 0.1) is 5.02 Å². The minimum atomic E-state index is -0.414. The number of hydrogen-bond acceptors (Lipinski definition) is 1. The summed E-state index contributed by atoms with van der Waals surface area (Å²) in [6.07, 6.45) is 0.607. The van der Waals surface area contributed by atoms with Gasteiger partial charge in [-0.1, -0.05) is 41.9 Å². The lowest BCUT2D eigenvalue weighted by molar-refractivity contribution is 0.580. The van der Waals surface area contributed by atoms with Crippen LogP contribution in [0.3, 0.4) is 0 Å². The third kappa shape index (κ3) is 2.96. The van der Waals surface area contributed by atoms with Gasteiger partial charge < -0.3 is 5.73 Å². The Kier molecular flexibility index (Phi) is 4.23. The van der Waals surface area contributed by atoms with E-state index in [4.69, 9.17) is 17.3 Å². The molecule has 0 spiro atoms. The Morgan fingerprint density at radius 1 is 1.11 bits per heavy atom. The molecule has 0 aliphatic rings. The number of rotatable bonds is 3. The lowest BCUT2D eigenvalue weighted by Crippen LogP contribution is -2.16. The van der Waals surface area contributed by atoms with Gasteiger partial charge in [0.25, 0.3) is 0 Å². The molecule has 0 bridgehead atoms. The van der Waals surface area contributed by atoms with Crippen molar-refractivity contribution >= 4 is 11.6 Å². The van der Waals surface area contributed by atoms with E-state index in [1.54, 1.807) is 12.1 Å². The molecule has 2 aromatic rings. The van der Waals surface area contributed by atoms with Gasteiger partial charge in [-0.15, -0.1) is 0 Å². The maximum atomic E-state index is 13.9. The van der Waals surface area contributed by atoms with Crippen molar-refractivity contribution in [2.24, 2.45) is 5.73 Å². The molecule has 0 aliphatic carbocycles. The summed E-state index contributed by atoms with van der Waals surface area (Å²) >= 11 is 5.79. The van der Waals surface area contributed by atoms with Crippen molar-refractivity contribution in [2.75, 3.05) is 0 Å². The Balaban J connectivity index is 2.31. The van der Waals surface area contributed by atoms with Crippen LogP contribution in [0.4, 0.5) is 4.39 Å². The number of nitrogens with two attached hydrogens (primary N) is 1. The molecule has 0 aliphatic heterocycles. The summed E-state index contributed by atoms with van der Waals surface area (Å²) in [5.41, 5.74) is 10.1. The topological polar surface area (TPSA) is 26.0 Å². The van der Waals surface area contributed by atoms with Crippen molar-refractivity contribution in [3.05, 3.63) is 69.5 Å². The SMILES string of the molecule is Cc1cccc(C)c1CC(N)c1cccc(Cl)c1F. The average molecular weight is 278 g/mol. The third-order valence-corrected chi connectivity index (χ3v) is 3.74. The van der Waals surface area contributed by atoms with Crippen LogP contribution in [0.1, 0.15) is 28.3 Å². The monoisotopic (exact) mass is 277 g/mol. The highest BCUT2D eigenvalue weighted by atomic mass is 35.5. The Morgan fingerprint density at radius 2 is 1.68 bits per heavy atom. The Morgan fingerprint density at radius 3 is 2.32 bits per heavy atom. The standard InChI is InChI=1S/C16H17ClFN/c1-10-5-3-6-11(2)13(10)9-15(19)12-7-4-8-14(17)16(12)18/h3-8,15H,9,19H2,1-2H3. The van der Waals surface area contributed by atoms with Crippen LogP contribution < -0.4 is 5.73 Å². The molecule has 1 nitrogen and oxygen atoms in total. The first-order valence-corrected chi connectivity index (χ1v) is 6.63. The maximum absolute atomic E-state index is 13.9. The number of halogens is 2. The van der Waals surface area contributed by atoms with Crippen molar-refractivity contribution in [2.45, 2.75) is 26.3 Å². The quantitative estimate of drug-likeness (QED) is 0.887. The zero-order valence-corrected chi connectivity index (χ0v) is 11.8. The lowest BCUT2D eigenvalue weighted by atomic mass is 9.93. The van der Waals surface area contributed by atoms with E-state index in [1.807, 2.05) is 32.0 Å². The molecule has 0 saturated carbocycles. The van der Waals surface area contributed by atoms with Gasteiger partial charge in [-0.25, -0.2) is 4.39 Å². The summed E-state index contributed by atoms with van der Waals surface area (Å²) in [7, 11) is 0. The molecule has 2 aromatic carbocycles. The highest BCUT2D eigenvalue weighted by Gasteiger charge is 2.16. The summed E-state index contributed by atoms with van der Waals surface area (Å²) in [4.78, 5) is 0. The van der Waals surface area contributed by atoms with Crippen molar-refractivity contribution < 1.29 is 4.39 Å². The molecule has 2 rings (SSSR count). The van der Waals surface area contributed by atoms with E-state index in [-0.39, 0.29) is 5.02 Å². The third-order valence-electron chi connectivity index (χ3n) is 3.45. The highest BCUT2D eigenvalue weighted by Crippen LogP contribution is 2.26. The van der Waals surface area contributed by atoms with E-state index in [9.17, 15) is 4.39 Å². The van der Waals surface area contributed by atoms with Crippen molar-refractivity contribution in [1.82, 2.24) is 0 Å². The zero-order valence-electron chi connectivity index (χ0n) is 11.1. The van der Waals surface area contributed by atoms with Crippen LogP contribution in [0.15, 0.2) is 36.4 Å². The van der Waals surface area contributed by atoms with E-state index >= 15 is 0 Å². The van der Waals surface area contributed by atoms with E-state index in [2.05, 4.69) is 0 Å². The van der Waals surface area contributed by atoms with Crippen molar-refractivity contribution in [1.29, 1.82) is 0 Å². The van der Waals surface area contributed by atoms with Crippen LogP contribution in [0.25, 0.3) is 0 Å². The molecule has 100 valence electrons. The first kappa shape index (κ1) is 14.0. The Hall–Kier alpha value is -1.38. The van der Waals surface area contributed by atoms with Crippen LogP contribution in [-0.4, -0.2) is 0 Å². The molecule has 3 heteroatoms. The second-order valence-electron chi connectivity index (χ2n) is 4.82. The molecule has 0 saturated heterocycles. The number of aryl methyl sites for hydroxylation is 2. The van der Waals surface area contributed by atoms with E-state index in [0.29, 0.717) is 12.0 Å². The normalized spacial score (nSPS) is 12.5. The van der Waals surface area contributed by atoms with Gasteiger partial charge in [0.2, 0.25) is 0 Å². The molecule has 0 aromatic heterocycles. The summed E-state index contributed by atoms with van der Waals surface area (Å²) in [6.45, 7) is 4.09. The van der Waals surface area contributed by atoms with Gasteiger partial charge in [-0.05, 0) is 43.0 Å². The molecule has 1 atom stereocenters. The molecule has 1 unspecified atom stereocenters. The van der Waals surface area contributed by atoms with Gasteiger partial charge >= 0.3 is 0 Å². The largest absolute Gasteiger partial charge is 0.324 e. The van der Waals surface area contributed by atoms with Gasteiger partial charge in [0, 0.05) is 11.6 Å². The second kappa shape index (κ2) is 5.72. The van der Waals surface area contributed by atoms with Crippen LogP contribution in [-0.2, 0) is 6.42 Å². The lowest BCUT2D eigenvalue weighted by Gasteiger charge is -2.17. The van der Waals surface area contributed by atoms with Crippen molar-refractivity contribution in [3.8, 4) is 0 Å².